The van der Waals surface area contributed by atoms with Gasteiger partial charge < -0.3 is 24.8 Å². The molecule has 1 aliphatic heterocycles. The third kappa shape index (κ3) is 4.70. The number of hydrogen-bond donors (Lipinski definition) is 2. The van der Waals surface area contributed by atoms with Gasteiger partial charge >= 0.3 is 0 Å². The third-order valence-electron chi connectivity index (χ3n) is 6.97. The minimum absolute atomic E-state index is 0.0376. The highest BCUT2D eigenvalue weighted by molar-refractivity contribution is 5.97. The van der Waals surface area contributed by atoms with Crippen LogP contribution in [0.15, 0.2) is 17.1 Å². The molecule has 2 aromatic heterocycles. The number of carbonyl (C=O) groups is 2. The lowest BCUT2D eigenvalue weighted by molar-refractivity contribution is -0.136. The van der Waals surface area contributed by atoms with Gasteiger partial charge in [0, 0.05) is 37.9 Å². The maximum absolute atomic E-state index is 13.2. The fraction of sp³-hybridized carbons (Fsp3) is 0.583. The monoisotopic (exact) mass is 485 g/mol. The number of carbonyl (C=O) groups excluding carboxylic acids is 2. The molecule has 2 aliphatic carbocycles. The van der Waals surface area contributed by atoms with Crippen LogP contribution in [0.2, 0.25) is 0 Å². The minimum atomic E-state index is -0.688. The second-order valence-electron chi connectivity index (χ2n) is 10.0. The Kier molecular flexibility index (Phi) is 6.14. The number of hydrogen-bond acceptors (Lipinski definition) is 7. The molecule has 2 saturated carbocycles. The fourth-order valence-electron chi connectivity index (χ4n) is 4.45. The van der Waals surface area contributed by atoms with Gasteiger partial charge in [-0.2, -0.15) is 9.61 Å². The highest BCUT2D eigenvalue weighted by Crippen LogP contribution is 2.47. The fourth-order valence-corrected chi connectivity index (χ4v) is 4.45. The van der Waals surface area contributed by atoms with E-state index < -0.39 is 11.5 Å². The van der Waals surface area contributed by atoms with Crippen LogP contribution in [0.25, 0.3) is 11.7 Å². The number of morpholine rings is 1. The number of rotatable bonds is 8. The van der Waals surface area contributed by atoms with Crippen LogP contribution in [0.4, 0.5) is 0 Å². The highest BCUT2D eigenvalue weighted by Gasteiger charge is 2.40. The van der Waals surface area contributed by atoms with Crippen molar-refractivity contribution in [3.8, 4) is 5.88 Å². The van der Waals surface area contributed by atoms with Gasteiger partial charge in [0.15, 0.2) is 5.56 Å². The number of aromatic hydroxyl groups is 1. The molecule has 0 bridgehead atoms. The molecule has 0 aromatic carbocycles. The van der Waals surface area contributed by atoms with Crippen molar-refractivity contribution in [2.45, 2.75) is 51.2 Å². The van der Waals surface area contributed by atoms with E-state index in [1.54, 1.807) is 22.7 Å². The Morgan fingerprint density at radius 1 is 1.37 bits per heavy atom. The summed E-state index contributed by atoms with van der Waals surface area (Å²) in [7, 11) is 1.58. The first-order chi connectivity index (χ1) is 16.8. The predicted molar refractivity (Wildman–Crippen MR) is 126 cm³/mol. The van der Waals surface area contributed by atoms with Crippen molar-refractivity contribution in [3.05, 3.63) is 33.8 Å². The van der Waals surface area contributed by atoms with E-state index in [4.69, 9.17) is 9.47 Å². The zero-order valence-corrected chi connectivity index (χ0v) is 20.0. The van der Waals surface area contributed by atoms with Crippen molar-refractivity contribution in [1.82, 2.24) is 24.4 Å². The largest absolute Gasteiger partial charge is 0.494 e. The molecule has 11 heteroatoms. The lowest BCUT2D eigenvalue weighted by atomic mass is 10.1. The summed E-state index contributed by atoms with van der Waals surface area (Å²) in [5.41, 5.74) is -0.186. The SMILES string of the molecule is COC[C@H]1COCCN1C(=O)/C=C/c1cnn2c(=O)c(C(=O)NC3CC3)c(O)n(CC3(C)CC3)c12. The second kappa shape index (κ2) is 9.12. The number of methoxy groups -OCH3 is 1. The first-order valence-corrected chi connectivity index (χ1v) is 12.0. The van der Waals surface area contributed by atoms with E-state index in [1.807, 2.05) is 0 Å². The molecule has 0 unspecified atom stereocenters. The van der Waals surface area contributed by atoms with Gasteiger partial charge in [-0.15, -0.1) is 0 Å². The van der Waals surface area contributed by atoms with Crippen LogP contribution >= 0.6 is 0 Å². The summed E-state index contributed by atoms with van der Waals surface area (Å²) >= 11 is 0. The van der Waals surface area contributed by atoms with E-state index in [9.17, 15) is 19.5 Å². The Balaban J connectivity index is 1.52. The Morgan fingerprint density at radius 3 is 2.83 bits per heavy atom. The molecule has 35 heavy (non-hydrogen) atoms. The van der Waals surface area contributed by atoms with Gasteiger partial charge in [-0.3, -0.25) is 19.0 Å². The highest BCUT2D eigenvalue weighted by atomic mass is 16.5. The summed E-state index contributed by atoms with van der Waals surface area (Å²) < 4.78 is 13.4. The van der Waals surface area contributed by atoms with Crippen LogP contribution in [-0.4, -0.2) is 81.6 Å². The van der Waals surface area contributed by atoms with Gasteiger partial charge in [0.05, 0.1) is 32.1 Å². The van der Waals surface area contributed by atoms with Crippen molar-refractivity contribution in [1.29, 1.82) is 0 Å². The van der Waals surface area contributed by atoms with Crippen LogP contribution in [0.3, 0.4) is 0 Å². The van der Waals surface area contributed by atoms with E-state index in [1.165, 1.54) is 12.3 Å². The summed E-state index contributed by atoms with van der Waals surface area (Å²) in [6.07, 6.45) is 8.18. The molecule has 5 rings (SSSR count). The molecule has 0 spiro atoms. The molecule has 1 saturated heterocycles. The second-order valence-corrected chi connectivity index (χ2v) is 10.0. The van der Waals surface area contributed by atoms with Crippen molar-refractivity contribution in [3.63, 3.8) is 0 Å². The van der Waals surface area contributed by atoms with Gasteiger partial charge in [0.1, 0.15) is 5.65 Å². The average Bonchev–Trinajstić information content (AvgIpc) is 3.75. The quantitative estimate of drug-likeness (QED) is 0.529. The average molecular weight is 486 g/mol. The molecule has 2 aromatic rings. The molecule has 3 aliphatic rings. The summed E-state index contributed by atoms with van der Waals surface area (Å²) in [6, 6.07) is -0.143. The molecule has 2 amide bonds. The summed E-state index contributed by atoms with van der Waals surface area (Å²) in [6.45, 7) is 4.19. The van der Waals surface area contributed by atoms with E-state index in [2.05, 4.69) is 17.3 Å². The number of ether oxygens (including phenoxy) is 2. The van der Waals surface area contributed by atoms with Crippen LogP contribution in [0.1, 0.15) is 48.5 Å². The lowest BCUT2D eigenvalue weighted by Crippen LogP contribution is -2.50. The molecule has 188 valence electrons. The molecule has 3 heterocycles. The standard InChI is InChI=1S/C24H31N5O6/c1-24(7-8-24)14-28-21-15(3-6-18(30)27-9-10-35-13-17(27)12-34-2)11-25-29(21)23(33)19(22(28)32)20(31)26-16-4-5-16/h3,6,11,16-17,32H,4-5,7-10,12-14H2,1-2H3,(H,26,31)/b6-3+/t17-/m0/s1. The molecule has 2 N–H and O–H groups in total. The van der Waals surface area contributed by atoms with E-state index in [-0.39, 0.29) is 34.8 Å². The van der Waals surface area contributed by atoms with E-state index in [0.29, 0.717) is 44.1 Å². The molecule has 0 radical (unpaired) electrons. The van der Waals surface area contributed by atoms with Gasteiger partial charge in [0.25, 0.3) is 11.5 Å². The number of nitrogens with zero attached hydrogens (tertiary/aromatic N) is 4. The molecular weight excluding hydrogens is 454 g/mol. The smallest absolute Gasteiger partial charge is 0.291 e. The predicted octanol–water partition coefficient (Wildman–Crippen LogP) is 0.781. The van der Waals surface area contributed by atoms with Crippen LogP contribution in [0, 0.1) is 5.41 Å². The van der Waals surface area contributed by atoms with Crippen LogP contribution in [0.5, 0.6) is 5.88 Å². The Bertz CT molecular complexity index is 1240. The molecular formula is C24H31N5O6. The van der Waals surface area contributed by atoms with Crippen molar-refractivity contribution < 1.29 is 24.2 Å². The molecule has 1 atom stereocenters. The Labute approximate surface area is 202 Å². The van der Waals surface area contributed by atoms with Crippen molar-refractivity contribution in [2.75, 3.05) is 33.5 Å². The van der Waals surface area contributed by atoms with Crippen molar-refractivity contribution in [2.24, 2.45) is 5.41 Å². The van der Waals surface area contributed by atoms with Crippen LogP contribution in [-0.2, 0) is 20.8 Å². The Morgan fingerprint density at radius 2 is 2.14 bits per heavy atom. The normalized spacial score (nSPS) is 21.5. The lowest BCUT2D eigenvalue weighted by Gasteiger charge is -2.34. The number of nitrogens with one attached hydrogen (secondary N) is 1. The van der Waals surface area contributed by atoms with Gasteiger partial charge in [-0.1, -0.05) is 6.92 Å². The van der Waals surface area contributed by atoms with Gasteiger partial charge in [-0.05, 0) is 37.2 Å². The maximum atomic E-state index is 13.2. The maximum Gasteiger partial charge on any atom is 0.291 e. The zero-order chi connectivity index (χ0) is 24.7. The topological polar surface area (TPSA) is 127 Å². The zero-order valence-electron chi connectivity index (χ0n) is 20.0. The summed E-state index contributed by atoms with van der Waals surface area (Å²) in [4.78, 5) is 40.6. The Hall–Kier alpha value is -3.18. The van der Waals surface area contributed by atoms with Crippen molar-refractivity contribution >= 4 is 23.5 Å². The number of aromatic nitrogens is 3. The molecule has 3 fully saturated rings. The van der Waals surface area contributed by atoms with Crippen LogP contribution < -0.4 is 10.9 Å². The first kappa shape index (κ1) is 23.6. The third-order valence-corrected chi connectivity index (χ3v) is 6.97. The minimum Gasteiger partial charge on any atom is -0.494 e. The van der Waals surface area contributed by atoms with E-state index in [0.717, 1.165) is 30.2 Å². The summed E-state index contributed by atoms with van der Waals surface area (Å²) in [5.74, 6) is -1.17. The number of fused-ring (bicyclic) bond motifs is 1. The molecule has 11 nitrogen and oxygen atoms in total. The van der Waals surface area contributed by atoms with E-state index >= 15 is 0 Å². The number of amides is 2. The van der Waals surface area contributed by atoms with Gasteiger partial charge in [-0.25, -0.2) is 0 Å². The van der Waals surface area contributed by atoms with Gasteiger partial charge in [0.2, 0.25) is 11.8 Å². The first-order valence-electron chi connectivity index (χ1n) is 12.0. The summed E-state index contributed by atoms with van der Waals surface area (Å²) in [5, 5.41) is 18.1.